The number of amides is 1. The Morgan fingerprint density at radius 2 is 1.77 bits per heavy atom. The van der Waals surface area contributed by atoms with Crippen molar-refractivity contribution in [2.45, 2.75) is 0 Å². The van der Waals surface area contributed by atoms with E-state index in [4.69, 9.17) is 9.47 Å². The van der Waals surface area contributed by atoms with E-state index < -0.39 is 0 Å². The fourth-order valence-corrected chi connectivity index (χ4v) is 4.28. The van der Waals surface area contributed by atoms with Crippen LogP contribution in [0.4, 0.5) is 9.52 Å². The Balaban J connectivity index is 1.58. The van der Waals surface area contributed by atoms with E-state index in [1.807, 2.05) is 6.07 Å². The predicted molar refractivity (Wildman–Crippen MR) is 116 cm³/mol. The number of aliphatic imine (C=N–C) groups is 1. The number of methoxy groups -OCH3 is 2. The van der Waals surface area contributed by atoms with Gasteiger partial charge in [0.1, 0.15) is 22.3 Å². The fourth-order valence-electron chi connectivity index (χ4n) is 2.69. The predicted octanol–water partition coefficient (Wildman–Crippen LogP) is 4.25. The fraction of sp³-hybridized carbons (Fsp3) is 0.100. The van der Waals surface area contributed by atoms with Crippen molar-refractivity contribution in [2.24, 2.45) is 4.99 Å². The number of nitrogens with one attached hydrogen (secondary N) is 1. The second-order valence-electron chi connectivity index (χ2n) is 5.95. The molecule has 2 aromatic carbocycles. The van der Waals surface area contributed by atoms with Gasteiger partial charge in [0.05, 0.1) is 24.7 Å². The summed E-state index contributed by atoms with van der Waals surface area (Å²) in [6.45, 7) is 0. The van der Waals surface area contributed by atoms with Crippen LogP contribution in [-0.4, -0.2) is 35.5 Å². The summed E-state index contributed by atoms with van der Waals surface area (Å²) < 4.78 is 23.8. The zero-order chi connectivity index (χ0) is 21.1. The molecule has 1 aliphatic rings. The Morgan fingerprint density at radius 3 is 2.43 bits per heavy atom. The number of ether oxygens (including phenoxy) is 2. The van der Waals surface area contributed by atoms with Gasteiger partial charge in [-0.2, -0.15) is 4.99 Å². The first kappa shape index (κ1) is 20.0. The van der Waals surface area contributed by atoms with E-state index >= 15 is 0 Å². The van der Waals surface area contributed by atoms with Gasteiger partial charge in [-0.05, 0) is 54.2 Å². The van der Waals surface area contributed by atoms with E-state index in [9.17, 15) is 9.18 Å². The third-order valence-corrected chi connectivity index (χ3v) is 5.87. The Hall–Kier alpha value is -3.24. The highest BCUT2D eigenvalue weighted by atomic mass is 32.2. The lowest BCUT2D eigenvalue weighted by atomic mass is 10.1. The number of amidine groups is 1. The van der Waals surface area contributed by atoms with Gasteiger partial charge in [0.2, 0.25) is 5.13 Å². The number of rotatable bonds is 5. The molecule has 0 unspecified atom stereocenters. The molecule has 1 aromatic heterocycles. The average molecular weight is 442 g/mol. The molecule has 0 spiro atoms. The van der Waals surface area contributed by atoms with Gasteiger partial charge in [-0.1, -0.05) is 17.4 Å². The summed E-state index contributed by atoms with van der Waals surface area (Å²) in [5.41, 5.74) is 1.41. The van der Waals surface area contributed by atoms with E-state index in [1.54, 1.807) is 44.6 Å². The second-order valence-corrected chi connectivity index (χ2v) is 7.94. The smallest absolute Gasteiger partial charge is 0.264 e. The molecular formula is C20H15FN4O3S2. The zero-order valence-corrected chi connectivity index (χ0v) is 17.5. The summed E-state index contributed by atoms with van der Waals surface area (Å²) in [5.74, 6) is 0.581. The molecule has 3 aromatic rings. The van der Waals surface area contributed by atoms with Gasteiger partial charge >= 0.3 is 0 Å². The summed E-state index contributed by atoms with van der Waals surface area (Å²) in [7, 11) is 3.11. The second kappa shape index (κ2) is 8.64. The molecule has 7 nitrogen and oxygen atoms in total. The summed E-state index contributed by atoms with van der Waals surface area (Å²) >= 11 is 2.42. The standard InChI is InChI=1S/C20H15FN4O3S2/c1-27-14-4-3-5-15(28-2)13(14)10-16-17(26)22-19(29-16)23-20-25-24-18(30-20)11-6-8-12(21)9-7-11/h3-10H,1-2H3,(H,22,23,25,26)/b16-10-. The highest BCUT2D eigenvalue weighted by Crippen LogP contribution is 2.36. The summed E-state index contributed by atoms with van der Waals surface area (Å²) in [5, 5.41) is 12.2. The summed E-state index contributed by atoms with van der Waals surface area (Å²) in [4.78, 5) is 17.2. The van der Waals surface area contributed by atoms with Crippen LogP contribution in [0, 0.1) is 5.82 Å². The Bertz CT molecular complexity index is 1140. The summed E-state index contributed by atoms with van der Waals surface area (Å²) in [6.07, 6.45) is 1.70. The normalized spacial score (nSPS) is 16.2. The van der Waals surface area contributed by atoms with Crippen LogP contribution in [0.5, 0.6) is 11.5 Å². The van der Waals surface area contributed by atoms with Crippen LogP contribution in [0.2, 0.25) is 0 Å². The van der Waals surface area contributed by atoms with Gasteiger partial charge in [0.25, 0.3) is 5.91 Å². The molecule has 1 N–H and O–H groups in total. The van der Waals surface area contributed by atoms with Crippen molar-refractivity contribution in [3.63, 3.8) is 0 Å². The Kier molecular flexibility index (Phi) is 5.77. The molecule has 1 aliphatic heterocycles. The number of hydrogen-bond acceptors (Lipinski definition) is 8. The molecule has 1 amide bonds. The number of thioether (sulfide) groups is 1. The molecule has 0 saturated carbocycles. The molecule has 4 rings (SSSR count). The molecule has 0 aliphatic carbocycles. The van der Waals surface area contributed by atoms with Crippen LogP contribution in [0.1, 0.15) is 5.56 Å². The first-order chi connectivity index (χ1) is 14.6. The summed E-state index contributed by atoms with van der Waals surface area (Å²) in [6, 6.07) is 11.4. The van der Waals surface area contributed by atoms with Crippen molar-refractivity contribution in [1.29, 1.82) is 0 Å². The topological polar surface area (TPSA) is 85.7 Å². The van der Waals surface area contributed by atoms with Gasteiger partial charge in [0.15, 0.2) is 5.17 Å². The van der Waals surface area contributed by atoms with Gasteiger partial charge in [-0.3, -0.25) is 4.79 Å². The van der Waals surface area contributed by atoms with Crippen LogP contribution in [0.3, 0.4) is 0 Å². The first-order valence-corrected chi connectivity index (χ1v) is 10.3. The van der Waals surface area contributed by atoms with E-state index in [0.717, 1.165) is 5.56 Å². The molecule has 0 atom stereocenters. The van der Waals surface area contributed by atoms with Crippen molar-refractivity contribution in [2.75, 3.05) is 14.2 Å². The number of nitrogens with zero attached hydrogens (tertiary/aromatic N) is 3. The number of halogens is 1. The van der Waals surface area contributed by atoms with E-state index in [1.165, 1.54) is 35.2 Å². The SMILES string of the molecule is COc1cccc(OC)c1/C=C1\S/C(=N/c2nnc(-c3ccc(F)cc3)s2)NC1=O. The Labute approximate surface area is 179 Å². The quantitative estimate of drug-likeness (QED) is 0.595. The third-order valence-electron chi connectivity index (χ3n) is 4.09. The first-order valence-electron chi connectivity index (χ1n) is 8.67. The van der Waals surface area contributed by atoms with Crippen LogP contribution >= 0.6 is 23.1 Å². The monoisotopic (exact) mass is 442 g/mol. The minimum absolute atomic E-state index is 0.282. The van der Waals surface area contributed by atoms with Crippen molar-refractivity contribution >= 4 is 45.4 Å². The maximum Gasteiger partial charge on any atom is 0.264 e. The van der Waals surface area contributed by atoms with Gasteiger partial charge < -0.3 is 14.8 Å². The number of hydrogen-bond donors (Lipinski definition) is 1. The largest absolute Gasteiger partial charge is 0.496 e. The molecular weight excluding hydrogens is 427 g/mol. The van der Waals surface area contributed by atoms with Crippen molar-refractivity contribution in [3.8, 4) is 22.1 Å². The van der Waals surface area contributed by atoms with E-state index in [0.29, 0.717) is 37.3 Å². The number of benzene rings is 2. The van der Waals surface area contributed by atoms with Crippen molar-refractivity contribution in [3.05, 3.63) is 58.8 Å². The molecule has 30 heavy (non-hydrogen) atoms. The van der Waals surface area contributed by atoms with E-state index in [-0.39, 0.29) is 11.7 Å². The highest BCUT2D eigenvalue weighted by Gasteiger charge is 2.25. The van der Waals surface area contributed by atoms with Gasteiger partial charge in [-0.25, -0.2) is 4.39 Å². The average Bonchev–Trinajstić information content (AvgIpc) is 3.35. The van der Waals surface area contributed by atoms with Crippen molar-refractivity contribution < 1.29 is 18.7 Å². The molecule has 152 valence electrons. The molecule has 2 heterocycles. The number of carbonyl (C=O) groups is 1. The minimum atomic E-state index is -0.320. The molecule has 10 heteroatoms. The molecule has 0 radical (unpaired) electrons. The van der Waals surface area contributed by atoms with Gasteiger partial charge in [-0.15, -0.1) is 10.2 Å². The molecule has 1 saturated heterocycles. The van der Waals surface area contributed by atoms with Gasteiger partial charge in [0, 0.05) is 5.56 Å². The highest BCUT2D eigenvalue weighted by molar-refractivity contribution is 8.18. The lowest BCUT2D eigenvalue weighted by Crippen LogP contribution is -2.19. The third kappa shape index (κ3) is 4.19. The minimum Gasteiger partial charge on any atom is -0.496 e. The lowest BCUT2D eigenvalue weighted by molar-refractivity contribution is -0.115. The molecule has 0 bridgehead atoms. The molecule has 1 fully saturated rings. The van der Waals surface area contributed by atoms with Crippen LogP contribution in [0.15, 0.2) is 52.4 Å². The Morgan fingerprint density at radius 1 is 1.07 bits per heavy atom. The number of carbonyl (C=O) groups excluding carboxylic acids is 1. The number of aromatic nitrogens is 2. The van der Waals surface area contributed by atoms with Crippen molar-refractivity contribution in [1.82, 2.24) is 15.5 Å². The zero-order valence-electron chi connectivity index (χ0n) is 15.9. The van der Waals surface area contributed by atoms with E-state index in [2.05, 4.69) is 20.5 Å². The van der Waals surface area contributed by atoms with Crippen LogP contribution in [0.25, 0.3) is 16.6 Å². The van der Waals surface area contributed by atoms with Crippen LogP contribution < -0.4 is 14.8 Å². The maximum atomic E-state index is 13.1. The van der Waals surface area contributed by atoms with Crippen LogP contribution in [-0.2, 0) is 4.79 Å². The lowest BCUT2D eigenvalue weighted by Gasteiger charge is -2.09. The maximum absolute atomic E-state index is 13.1.